The molecule has 8 heteroatoms. The Morgan fingerprint density at radius 3 is 3.00 bits per heavy atom. The van der Waals surface area contributed by atoms with Crippen molar-refractivity contribution in [1.29, 1.82) is 0 Å². The van der Waals surface area contributed by atoms with E-state index < -0.39 is 0 Å². The highest BCUT2D eigenvalue weighted by atomic mass is 16.6. The Kier molecular flexibility index (Phi) is 4.66. The zero-order valence-electron chi connectivity index (χ0n) is 18.1. The van der Waals surface area contributed by atoms with Gasteiger partial charge in [-0.2, -0.15) is 5.10 Å². The molecule has 3 aromatic rings. The fraction of sp³-hybridized carbons (Fsp3) is 0.458. The number of carbonyl (C=O) groups is 1. The van der Waals surface area contributed by atoms with Crippen LogP contribution in [0.1, 0.15) is 45.8 Å². The van der Waals surface area contributed by atoms with Crippen molar-refractivity contribution in [3.05, 3.63) is 58.9 Å². The van der Waals surface area contributed by atoms with Gasteiger partial charge in [-0.05, 0) is 31.4 Å². The van der Waals surface area contributed by atoms with E-state index in [2.05, 4.69) is 22.6 Å². The monoisotopic (exact) mass is 434 g/mol. The highest BCUT2D eigenvalue weighted by molar-refractivity contribution is 5.95. The molecule has 3 aromatic heterocycles. The van der Waals surface area contributed by atoms with Crippen molar-refractivity contribution in [3.8, 4) is 11.3 Å². The van der Waals surface area contributed by atoms with Gasteiger partial charge in [-0.3, -0.25) is 14.5 Å². The van der Waals surface area contributed by atoms with Crippen LogP contribution in [0.4, 0.5) is 0 Å². The molecule has 32 heavy (non-hydrogen) atoms. The lowest BCUT2D eigenvalue weighted by Gasteiger charge is -2.22. The maximum absolute atomic E-state index is 12.9. The highest BCUT2D eigenvalue weighted by Gasteiger charge is 2.52. The Morgan fingerprint density at radius 2 is 2.25 bits per heavy atom. The quantitative estimate of drug-likeness (QED) is 0.664. The van der Waals surface area contributed by atoms with Crippen molar-refractivity contribution in [3.63, 3.8) is 0 Å². The normalized spacial score (nSPS) is 20.6. The molecular weight excluding hydrogens is 408 g/mol. The van der Waals surface area contributed by atoms with Crippen LogP contribution in [0.3, 0.4) is 0 Å². The van der Waals surface area contributed by atoms with E-state index in [1.165, 1.54) is 5.56 Å². The number of hydrogen-bond acceptors (Lipinski definition) is 6. The van der Waals surface area contributed by atoms with Crippen molar-refractivity contribution in [2.24, 2.45) is 0 Å². The van der Waals surface area contributed by atoms with Crippen molar-refractivity contribution < 1.29 is 18.7 Å². The van der Waals surface area contributed by atoms with Crippen molar-refractivity contribution in [2.45, 2.75) is 44.2 Å². The molecule has 0 aromatic carbocycles. The molecule has 1 atom stereocenters. The summed E-state index contributed by atoms with van der Waals surface area (Å²) < 4.78 is 19.2. The van der Waals surface area contributed by atoms with Crippen LogP contribution in [0.2, 0.25) is 0 Å². The molecule has 0 radical (unpaired) electrons. The van der Waals surface area contributed by atoms with E-state index in [1.54, 1.807) is 6.20 Å². The molecule has 2 fully saturated rings. The van der Waals surface area contributed by atoms with E-state index in [0.29, 0.717) is 38.7 Å². The molecule has 1 saturated heterocycles. The number of furan rings is 1. The van der Waals surface area contributed by atoms with Crippen LogP contribution >= 0.6 is 0 Å². The van der Waals surface area contributed by atoms with Crippen LogP contribution in [-0.4, -0.2) is 53.1 Å². The van der Waals surface area contributed by atoms with E-state index in [9.17, 15) is 4.79 Å². The third-order valence-corrected chi connectivity index (χ3v) is 6.79. The van der Waals surface area contributed by atoms with Crippen LogP contribution in [0.5, 0.6) is 0 Å². The van der Waals surface area contributed by atoms with Gasteiger partial charge in [0, 0.05) is 53.7 Å². The van der Waals surface area contributed by atoms with Gasteiger partial charge in [-0.1, -0.05) is 6.07 Å². The molecule has 6 rings (SSSR count). The van der Waals surface area contributed by atoms with Gasteiger partial charge in [0.25, 0.3) is 5.91 Å². The van der Waals surface area contributed by atoms with Gasteiger partial charge >= 0.3 is 0 Å². The Balaban J connectivity index is 1.29. The van der Waals surface area contributed by atoms with Gasteiger partial charge in [0.1, 0.15) is 5.76 Å². The van der Waals surface area contributed by atoms with E-state index in [-0.39, 0.29) is 17.4 Å². The number of nitrogens with zero attached hydrogens (tertiary/aromatic N) is 3. The highest BCUT2D eigenvalue weighted by Crippen LogP contribution is 2.58. The molecule has 1 N–H and O–H groups in total. The first-order valence-electron chi connectivity index (χ1n) is 11.2. The van der Waals surface area contributed by atoms with Crippen LogP contribution in [0, 0.1) is 6.92 Å². The number of hydrogen-bond donors (Lipinski definition) is 1. The summed E-state index contributed by atoms with van der Waals surface area (Å²) in [6.45, 7) is 4.67. The van der Waals surface area contributed by atoms with E-state index in [0.717, 1.165) is 47.4 Å². The zero-order valence-corrected chi connectivity index (χ0v) is 18.1. The minimum Gasteiger partial charge on any atom is -0.455 e. The largest absolute Gasteiger partial charge is 0.455 e. The number of pyridine rings is 1. The first-order chi connectivity index (χ1) is 15.6. The molecule has 2 aliphatic carbocycles. The molecule has 1 saturated carbocycles. The van der Waals surface area contributed by atoms with Gasteiger partial charge in [0.2, 0.25) is 0 Å². The first-order valence-corrected chi connectivity index (χ1v) is 11.2. The molecule has 3 aliphatic rings. The molecule has 1 aliphatic heterocycles. The minimum absolute atomic E-state index is 0.0981. The maximum Gasteiger partial charge on any atom is 0.287 e. The molecule has 1 spiro atoms. The Labute approximate surface area is 185 Å². The summed E-state index contributed by atoms with van der Waals surface area (Å²) in [5.41, 5.74) is 5.26. The summed E-state index contributed by atoms with van der Waals surface area (Å²) in [6.07, 6.45) is 8.76. The third-order valence-electron chi connectivity index (χ3n) is 6.79. The number of amides is 1. The second kappa shape index (κ2) is 7.56. The van der Waals surface area contributed by atoms with Gasteiger partial charge in [0.15, 0.2) is 5.76 Å². The summed E-state index contributed by atoms with van der Waals surface area (Å²) in [5.74, 6) is 1.03. The van der Waals surface area contributed by atoms with Crippen LogP contribution < -0.4 is 5.32 Å². The second-order valence-corrected chi connectivity index (χ2v) is 9.04. The van der Waals surface area contributed by atoms with Gasteiger partial charge < -0.3 is 19.2 Å². The van der Waals surface area contributed by atoms with E-state index in [1.807, 2.05) is 23.9 Å². The lowest BCUT2D eigenvalue weighted by atomic mass is 9.82. The summed E-state index contributed by atoms with van der Waals surface area (Å²) in [4.78, 5) is 17.1. The lowest BCUT2D eigenvalue weighted by Crippen LogP contribution is -2.39. The lowest BCUT2D eigenvalue weighted by molar-refractivity contribution is -0.0856. The molecule has 166 valence electrons. The third kappa shape index (κ3) is 3.34. The first kappa shape index (κ1) is 19.7. The smallest absolute Gasteiger partial charge is 0.287 e. The molecule has 4 heterocycles. The molecule has 1 amide bonds. The average Bonchev–Trinajstić information content (AvgIpc) is 3.32. The molecular formula is C24H26N4O4. The topological polar surface area (TPSA) is 91.4 Å². The Morgan fingerprint density at radius 1 is 1.34 bits per heavy atom. The summed E-state index contributed by atoms with van der Waals surface area (Å²) in [5, 5.41) is 7.88. The number of ether oxygens (including phenoxy) is 2. The average molecular weight is 434 g/mol. The number of fused-ring (bicyclic) bond motifs is 4. The summed E-state index contributed by atoms with van der Waals surface area (Å²) >= 11 is 0. The molecule has 0 bridgehead atoms. The number of rotatable bonds is 5. The van der Waals surface area contributed by atoms with Crippen molar-refractivity contribution in [2.75, 3.05) is 26.4 Å². The number of nitrogens with one attached hydrogen (secondary N) is 1. The van der Waals surface area contributed by atoms with Crippen LogP contribution in [0.25, 0.3) is 11.3 Å². The standard InChI is InChI=1S/C24H26N4O4/c1-15-20-19(32-22(15)23(29)26-11-17-14-30-7-8-31-17)9-24(4-5-24)18-13-28(27-21(18)20)12-16-3-2-6-25-10-16/h2-3,6,10,13,17H,4-5,7-9,11-12,14H2,1H3,(H,26,29)/t17-/m1/s1. The summed E-state index contributed by atoms with van der Waals surface area (Å²) in [7, 11) is 0. The van der Waals surface area contributed by atoms with Gasteiger partial charge in [-0.25, -0.2) is 0 Å². The van der Waals surface area contributed by atoms with Crippen molar-refractivity contribution in [1.82, 2.24) is 20.1 Å². The predicted octanol–water partition coefficient (Wildman–Crippen LogP) is 2.63. The minimum atomic E-state index is -0.215. The van der Waals surface area contributed by atoms with E-state index >= 15 is 0 Å². The Hall–Kier alpha value is -2.97. The molecule has 0 unspecified atom stereocenters. The predicted molar refractivity (Wildman–Crippen MR) is 116 cm³/mol. The SMILES string of the molecule is Cc1c(C(=O)NC[C@@H]2COCCO2)oc2c1-c1nn(Cc3cccnc3)cc1C1(CC1)C2. The fourth-order valence-electron chi connectivity index (χ4n) is 4.92. The summed E-state index contributed by atoms with van der Waals surface area (Å²) in [6, 6.07) is 3.99. The Bertz CT molecular complexity index is 1160. The fourth-order valence-corrected chi connectivity index (χ4v) is 4.92. The maximum atomic E-state index is 12.9. The second-order valence-electron chi connectivity index (χ2n) is 9.04. The van der Waals surface area contributed by atoms with Crippen LogP contribution in [-0.2, 0) is 27.9 Å². The molecule has 8 nitrogen and oxygen atoms in total. The van der Waals surface area contributed by atoms with Crippen LogP contribution in [0.15, 0.2) is 35.1 Å². The van der Waals surface area contributed by atoms with Crippen molar-refractivity contribution >= 4 is 5.91 Å². The van der Waals surface area contributed by atoms with E-state index in [4.69, 9.17) is 19.0 Å². The van der Waals surface area contributed by atoms with Gasteiger partial charge in [0.05, 0.1) is 38.2 Å². The van der Waals surface area contributed by atoms with Gasteiger partial charge in [-0.15, -0.1) is 0 Å². The zero-order chi connectivity index (χ0) is 21.7. The number of aromatic nitrogens is 3. The number of carbonyl (C=O) groups excluding carboxylic acids is 1.